The second-order valence-electron chi connectivity index (χ2n) is 5.49. The number of carbonyl (C=O) groups is 2. The number of anilines is 1. The van der Waals surface area contributed by atoms with Crippen molar-refractivity contribution in [1.82, 2.24) is 4.57 Å². The minimum absolute atomic E-state index is 0. The quantitative estimate of drug-likeness (QED) is 0.874. The van der Waals surface area contributed by atoms with Gasteiger partial charge in [0.1, 0.15) is 6.10 Å². The molecular weight excluding hydrogens is 334 g/mol. The van der Waals surface area contributed by atoms with Gasteiger partial charge in [-0.1, -0.05) is 6.07 Å². The number of aromatic nitrogens is 1. The second-order valence-corrected chi connectivity index (χ2v) is 5.49. The summed E-state index contributed by atoms with van der Waals surface area (Å²) in [7, 11) is 1.69. The van der Waals surface area contributed by atoms with E-state index in [1.807, 2.05) is 12.1 Å². The summed E-state index contributed by atoms with van der Waals surface area (Å²) in [6.45, 7) is 0.718. The molecule has 1 fully saturated rings. The van der Waals surface area contributed by atoms with Gasteiger partial charge in [-0.15, -0.1) is 12.4 Å². The molecule has 0 radical (unpaired) electrons. The molecule has 0 aliphatic carbocycles. The van der Waals surface area contributed by atoms with Gasteiger partial charge in [0.05, 0.1) is 18.5 Å². The van der Waals surface area contributed by atoms with Crippen molar-refractivity contribution in [3.63, 3.8) is 0 Å². The predicted molar refractivity (Wildman–Crippen MR) is 92.3 cm³/mol. The number of benzene rings is 1. The molecule has 2 heterocycles. The number of ether oxygens (including phenoxy) is 1. The molecule has 1 atom stereocenters. The van der Waals surface area contributed by atoms with Crippen LogP contribution in [0.25, 0.3) is 10.9 Å². The maximum Gasteiger partial charge on any atom is 0.256 e. The smallest absolute Gasteiger partial charge is 0.256 e. The number of hydrogen-bond donors (Lipinski definition) is 1. The van der Waals surface area contributed by atoms with Gasteiger partial charge in [-0.2, -0.15) is 0 Å². The molecule has 7 nitrogen and oxygen atoms in total. The zero-order valence-corrected chi connectivity index (χ0v) is 13.9. The Morgan fingerprint density at radius 1 is 1.29 bits per heavy atom. The van der Waals surface area contributed by atoms with Crippen LogP contribution in [0.3, 0.4) is 0 Å². The molecule has 24 heavy (non-hydrogen) atoms. The van der Waals surface area contributed by atoms with E-state index in [0.717, 1.165) is 10.9 Å². The fraction of sp³-hybridized carbons (Fsp3) is 0.312. The predicted octanol–water partition coefficient (Wildman–Crippen LogP) is 0.567. The van der Waals surface area contributed by atoms with Gasteiger partial charge in [0.25, 0.3) is 11.5 Å². The lowest BCUT2D eigenvalue weighted by atomic mass is 10.1. The Bertz CT molecular complexity index is 849. The third-order valence-corrected chi connectivity index (χ3v) is 3.99. The van der Waals surface area contributed by atoms with Crippen molar-refractivity contribution >= 4 is 40.8 Å². The molecule has 8 heteroatoms. The van der Waals surface area contributed by atoms with Crippen molar-refractivity contribution in [2.75, 3.05) is 18.1 Å². The molecule has 2 aromatic rings. The molecule has 0 saturated carbocycles. The van der Waals surface area contributed by atoms with E-state index < -0.39 is 12.0 Å². The number of rotatable bonds is 3. The van der Waals surface area contributed by atoms with Crippen LogP contribution in [0.1, 0.15) is 6.42 Å². The van der Waals surface area contributed by atoms with Crippen LogP contribution >= 0.6 is 12.4 Å². The number of pyridine rings is 1. The summed E-state index contributed by atoms with van der Waals surface area (Å²) in [6.07, 6.45) is -0.988. The maximum absolute atomic E-state index is 12.5. The van der Waals surface area contributed by atoms with Gasteiger partial charge in [0.15, 0.2) is 0 Å². The van der Waals surface area contributed by atoms with Crippen molar-refractivity contribution in [3.05, 3.63) is 40.7 Å². The largest absolute Gasteiger partial charge is 0.370 e. The van der Waals surface area contributed by atoms with Gasteiger partial charge in [-0.25, -0.2) is 0 Å². The van der Waals surface area contributed by atoms with Crippen LogP contribution in [0, 0.1) is 0 Å². The second kappa shape index (κ2) is 7.02. The van der Waals surface area contributed by atoms with Crippen molar-refractivity contribution in [2.45, 2.75) is 12.5 Å². The van der Waals surface area contributed by atoms with Crippen LogP contribution in [0.5, 0.6) is 0 Å². The van der Waals surface area contributed by atoms with Crippen LogP contribution < -0.4 is 16.2 Å². The van der Waals surface area contributed by atoms with Gasteiger partial charge >= 0.3 is 0 Å². The highest BCUT2D eigenvalue weighted by atomic mass is 35.5. The Kier molecular flexibility index (Phi) is 5.26. The highest BCUT2D eigenvalue weighted by molar-refractivity contribution is 6.00. The number of halogens is 1. The summed E-state index contributed by atoms with van der Waals surface area (Å²) in [5.41, 5.74) is 6.44. The lowest BCUT2D eigenvalue weighted by molar-refractivity contribution is -0.138. The lowest BCUT2D eigenvalue weighted by Gasteiger charge is -2.32. The number of aryl methyl sites for hydroxylation is 1. The molecule has 3 rings (SSSR count). The summed E-state index contributed by atoms with van der Waals surface area (Å²) in [4.78, 5) is 36.9. The van der Waals surface area contributed by atoms with Crippen LogP contribution in [0.15, 0.2) is 35.1 Å². The third kappa shape index (κ3) is 3.27. The molecule has 1 aromatic carbocycles. The summed E-state index contributed by atoms with van der Waals surface area (Å²) < 4.78 is 6.87. The Morgan fingerprint density at radius 2 is 2.00 bits per heavy atom. The summed E-state index contributed by atoms with van der Waals surface area (Å²) in [5, 5.41) is 0.908. The van der Waals surface area contributed by atoms with E-state index in [1.54, 1.807) is 24.1 Å². The van der Waals surface area contributed by atoms with Crippen molar-refractivity contribution in [3.8, 4) is 0 Å². The molecular formula is C16H18ClN3O4. The first-order valence-corrected chi connectivity index (χ1v) is 7.28. The number of fused-ring (bicyclic) bond motifs is 1. The highest BCUT2D eigenvalue weighted by Gasteiger charge is 2.31. The monoisotopic (exact) mass is 351 g/mol. The molecule has 0 unspecified atom stereocenters. The van der Waals surface area contributed by atoms with Crippen LogP contribution in [0.2, 0.25) is 0 Å². The number of nitrogens with zero attached hydrogens (tertiary/aromatic N) is 2. The summed E-state index contributed by atoms with van der Waals surface area (Å²) in [6, 6.07) is 8.72. The fourth-order valence-electron chi connectivity index (χ4n) is 2.75. The first-order valence-electron chi connectivity index (χ1n) is 7.28. The van der Waals surface area contributed by atoms with E-state index in [2.05, 4.69) is 0 Å². The topological polar surface area (TPSA) is 94.6 Å². The fourth-order valence-corrected chi connectivity index (χ4v) is 2.75. The van der Waals surface area contributed by atoms with E-state index in [4.69, 9.17) is 10.5 Å². The Morgan fingerprint density at radius 3 is 2.71 bits per heavy atom. The first kappa shape index (κ1) is 18.0. The average Bonchev–Trinajstić information content (AvgIpc) is 2.52. The normalized spacial score (nSPS) is 17.6. The number of amides is 2. The zero-order chi connectivity index (χ0) is 16.6. The van der Waals surface area contributed by atoms with E-state index in [0.29, 0.717) is 18.8 Å². The number of nitrogens with two attached hydrogens (primary N) is 1. The summed E-state index contributed by atoms with van der Waals surface area (Å²) >= 11 is 0. The average molecular weight is 352 g/mol. The van der Waals surface area contributed by atoms with Crippen molar-refractivity contribution < 1.29 is 14.3 Å². The van der Waals surface area contributed by atoms with E-state index >= 15 is 0 Å². The molecule has 0 spiro atoms. The Balaban J connectivity index is 0.00000208. The molecule has 1 aliphatic rings. The standard InChI is InChI=1S/C16H17N3O4.ClH/c1-18-12-8-11(4-2-10(12)3-5-15(18)21)19-6-7-23-13(16(19)22)9-14(17)20;/h2-5,8,13H,6-7,9H2,1H3,(H2,17,20);1H/t13-;/m1./s1. The molecule has 128 valence electrons. The van der Waals surface area contributed by atoms with Crippen molar-refractivity contribution in [2.24, 2.45) is 12.8 Å². The van der Waals surface area contributed by atoms with Crippen LogP contribution in [-0.2, 0) is 21.4 Å². The van der Waals surface area contributed by atoms with Gasteiger partial charge < -0.3 is 19.9 Å². The third-order valence-electron chi connectivity index (χ3n) is 3.99. The number of morpholine rings is 1. The number of carbonyl (C=O) groups excluding carboxylic acids is 2. The van der Waals surface area contributed by atoms with Gasteiger partial charge in [-0.05, 0) is 23.6 Å². The lowest BCUT2D eigenvalue weighted by Crippen LogP contribution is -2.49. The molecule has 1 aromatic heterocycles. The van der Waals surface area contributed by atoms with E-state index in [9.17, 15) is 14.4 Å². The van der Waals surface area contributed by atoms with Crippen LogP contribution in [-0.4, -0.2) is 35.6 Å². The Hall–Kier alpha value is -2.38. The van der Waals surface area contributed by atoms with Gasteiger partial charge in [0.2, 0.25) is 5.91 Å². The maximum atomic E-state index is 12.5. The first-order chi connectivity index (χ1) is 11.0. The minimum atomic E-state index is -0.850. The van der Waals surface area contributed by atoms with Gasteiger partial charge in [-0.3, -0.25) is 14.4 Å². The summed E-state index contributed by atoms with van der Waals surface area (Å²) in [5.74, 6) is -0.874. The molecule has 2 N–H and O–H groups in total. The SMILES string of the molecule is Cl.Cn1c(=O)ccc2ccc(N3CCO[C@H](CC(N)=O)C3=O)cc21. The zero-order valence-electron chi connectivity index (χ0n) is 13.1. The number of hydrogen-bond acceptors (Lipinski definition) is 4. The highest BCUT2D eigenvalue weighted by Crippen LogP contribution is 2.24. The number of primary amides is 1. The molecule has 1 aliphatic heterocycles. The minimum Gasteiger partial charge on any atom is -0.370 e. The molecule has 0 bridgehead atoms. The molecule has 1 saturated heterocycles. The van der Waals surface area contributed by atoms with Gasteiger partial charge in [0, 0.05) is 25.3 Å². The van der Waals surface area contributed by atoms with Crippen molar-refractivity contribution in [1.29, 1.82) is 0 Å². The van der Waals surface area contributed by atoms with E-state index in [-0.39, 0.29) is 30.3 Å². The molecule has 2 amide bonds. The van der Waals surface area contributed by atoms with E-state index in [1.165, 1.54) is 10.6 Å². The Labute approximate surface area is 144 Å². The van der Waals surface area contributed by atoms with Crippen LogP contribution in [0.4, 0.5) is 5.69 Å².